The topological polar surface area (TPSA) is 95.9 Å². The first kappa shape index (κ1) is 17.6. The van der Waals surface area contributed by atoms with Crippen LogP contribution in [0.2, 0.25) is 0 Å². The van der Waals surface area contributed by atoms with Crippen molar-refractivity contribution < 1.29 is 24.2 Å². The van der Waals surface area contributed by atoms with Gasteiger partial charge in [0.1, 0.15) is 12.1 Å². The van der Waals surface area contributed by atoms with Crippen LogP contribution in [0.1, 0.15) is 51.9 Å². The Balaban J connectivity index is 2.12. The van der Waals surface area contributed by atoms with E-state index in [0.717, 1.165) is 32.1 Å². The molecule has 1 aliphatic carbocycles. The lowest BCUT2D eigenvalue weighted by molar-refractivity contribution is -0.149. The lowest BCUT2D eigenvalue weighted by atomic mass is 9.83. The molecule has 130 valence electrons. The van der Waals surface area contributed by atoms with Crippen LogP contribution in [-0.4, -0.2) is 53.2 Å². The molecule has 2 rings (SSSR count). The van der Waals surface area contributed by atoms with Gasteiger partial charge in [-0.05, 0) is 38.5 Å². The van der Waals surface area contributed by atoms with E-state index >= 15 is 0 Å². The fraction of sp³-hybridized carbons (Fsp3) is 0.812. The van der Waals surface area contributed by atoms with Gasteiger partial charge in [-0.1, -0.05) is 19.3 Å². The highest BCUT2D eigenvalue weighted by Gasteiger charge is 2.40. The van der Waals surface area contributed by atoms with Crippen LogP contribution in [0.25, 0.3) is 0 Å². The number of hydrogen-bond acceptors (Lipinski definition) is 4. The summed E-state index contributed by atoms with van der Waals surface area (Å²) in [4.78, 5) is 37.4. The van der Waals surface area contributed by atoms with E-state index in [4.69, 9.17) is 4.74 Å². The van der Waals surface area contributed by atoms with Gasteiger partial charge in [0.2, 0.25) is 5.91 Å². The molecule has 0 radical (unpaired) electrons. The zero-order valence-electron chi connectivity index (χ0n) is 13.6. The molecule has 0 bridgehead atoms. The average molecular weight is 326 g/mol. The van der Waals surface area contributed by atoms with Gasteiger partial charge in [0.25, 0.3) is 0 Å². The molecule has 0 aromatic heterocycles. The maximum absolute atomic E-state index is 12.9. The number of hydrogen-bond donors (Lipinski definition) is 2. The number of carbonyl (C=O) groups excluding carboxylic acids is 2. The van der Waals surface area contributed by atoms with Crippen molar-refractivity contribution in [3.63, 3.8) is 0 Å². The van der Waals surface area contributed by atoms with Crippen molar-refractivity contribution in [1.82, 2.24) is 10.2 Å². The number of alkyl carbamates (subject to hydrolysis) is 1. The standard InChI is InChI=1S/C16H26N2O5/c1-2-23-16(22)17-13(11-7-4-3-5-8-11)14(19)18-10-6-9-12(18)15(20)21/h11-13H,2-10H2,1H3,(H,17,22)(H,20,21)/t12-,13+/m0/s1. The van der Waals surface area contributed by atoms with Gasteiger partial charge in [0.15, 0.2) is 0 Å². The molecule has 1 saturated heterocycles. The van der Waals surface area contributed by atoms with Gasteiger partial charge in [0.05, 0.1) is 6.61 Å². The van der Waals surface area contributed by atoms with Crippen molar-refractivity contribution >= 4 is 18.0 Å². The summed E-state index contributed by atoms with van der Waals surface area (Å²) in [6.45, 7) is 2.38. The number of aliphatic carboxylic acids is 1. The van der Waals surface area contributed by atoms with Crippen molar-refractivity contribution in [1.29, 1.82) is 0 Å². The lowest BCUT2D eigenvalue weighted by Crippen LogP contribution is -2.55. The van der Waals surface area contributed by atoms with Crippen molar-refractivity contribution in [3.05, 3.63) is 0 Å². The molecule has 23 heavy (non-hydrogen) atoms. The normalized spacial score (nSPS) is 23.3. The zero-order valence-corrected chi connectivity index (χ0v) is 13.6. The summed E-state index contributed by atoms with van der Waals surface area (Å²) in [5.74, 6) is -1.21. The second kappa shape index (κ2) is 8.17. The van der Waals surface area contributed by atoms with Crippen molar-refractivity contribution in [2.75, 3.05) is 13.2 Å². The number of carbonyl (C=O) groups is 3. The second-order valence-corrected chi connectivity index (χ2v) is 6.27. The minimum atomic E-state index is -0.977. The van der Waals surface area contributed by atoms with Crippen molar-refractivity contribution in [2.24, 2.45) is 5.92 Å². The lowest BCUT2D eigenvalue weighted by Gasteiger charge is -2.33. The van der Waals surface area contributed by atoms with Crippen LogP contribution in [0.3, 0.4) is 0 Å². The van der Waals surface area contributed by atoms with Crippen LogP contribution in [0.4, 0.5) is 4.79 Å². The number of ether oxygens (including phenoxy) is 1. The fourth-order valence-electron chi connectivity index (χ4n) is 3.61. The third-order valence-electron chi connectivity index (χ3n) is 4.76. The first-order chi connectivity index (χ1) is 11.0. The van der Waals surface area contributed by atoms with E-state index < -0.39 is 24.1 Å². The predicted octanol–water partition coefficient (Wildman–Crippen LogP) is 1.76. The van der Waals surface area contributed by atoms with E-state index in [9.17, 15) is 19.5 Å². The van der Waals surface area contributed by atoms with E-state index in [1.165, 1.54) is 4.90 Å². The van der Waals surface area contributed by atoms with Gasteiger partial charge >= 0.3 is 12.1 Å². The van der Waals surface area contributed by atoms with Gasteiger partial charge in [0, 0.05) is 6.54 Å². The Morgan fingerprint density at radius 2 is 1.87 bits per heavy atom. The second-order valence-electron chi connectivity index (χ2n) is 6.27. The van der Waals surface area contributed by atoms with Gasteiger partial charge in [-0.3, -0.25) is 4.79 Å². The minimum absolute atomic E-state index is 0.0516. The summed E-state index contributed by atoms with van der Waals surface area (Å²) < 4.78 is 4.91. The molecule has 2 amide bonds. The van der Waals surface area contributed by atoms with Gasteiger partial charge in [-0.25, -0.2) is 9.59 Å². The molecular weight excluding hydrogens is 300 g/mol. The number of nitrogens with zero attached hydrogens (tertiary/aromatic N) is 1. The number of likely N-dealkylation sites (tertiary alicyclic amines) is 1. The Hall–Kier alpha value is -1.79. The molecular formula is C16H26N2O5. The van der Waals surface area contributed by atoms with E-state index in [2.05, 4.69) is 5.32 Å². The molecule has 2 fully saturated rings. The van der Waals surface area contributed by atoms with E-state index in [0.29, 0.717) is 19.4 Å². The Morgan fingerprint density at radius 1 is 1.17 bits per heavy atom. The molecule has 1 aliphatic heterocycles. The Kier molecular flexibility index (Phi) is 6.24. The maximum atomic E-state index is 12.9. The summed E-state index contributed by atoms with van der Waals surface area (Å²) in [5.41, 5.74) is 0. The van der Waals surface area contributed by atoms with Crippen LogP contribution < -0.4 is 5.32 Å². The van der Waals surface area contributed by atoms with Crippen LogP contribution in [0.5, 0.6) is 0 Å². The molecule has 1 saturated carbocycles. The Labute approximate surface area is 136 Å². The van der Waals surface area contributed by atoms with Crippen molar-refractivity contribution in [3.8, 4) is 0 Å². The monoisotopic (exact) mass is 326 g/mol. The molecule has 2 aliphatic rings. The van der Waals surface area contributed by atoms with Gasteiger partial charge in [-0.15, -0.1) is 0 Å². The number of carboxylic acids is 1. The van der Waals surface area contributed by atoms with Gasteiger partial charge < -0.3 is 20.1 Å². The Bertz CT molecular complexity index is 448. The highest BCUT2D eigenvalue weighted by Crippen LogP contribution is 2.29. The smallest absolute Gasteiger partial charge is 0.407 e. The number of nitrogens with one attached hydrogen (secondary N) is 1. The summed E-state index contributed by atoms with van der Waals surface area (Å²) in [7, 11) is 0. The highest BCUT2D eigenvalue weighted by atomic mass is 16.5. The minimum Gasteiger partial charge on any atom is -0.480 e. The van der Waals surface area contributed by atoms with Crippen molar-refractivity contribution in [2.45, 2.75) is 64.0 Å². The molecule has 2 atom stereocenters. The third-order valence-corrected chi connectivity index (χ3v) is 4.76. The molecule has 7 nitrogen and oxygen atoms in total. The summed E-state index contributed by atoms with van der Waals surface area (Å²) >= 11 is 0. The number of rotatable bonds is 5. The molecule has 0 aromatic rings. The quantitative estimate of drug-likeness (QED) is 0.802. The average Bonchev–Trinajstić information content (AvgIpc) is 3.03. The largest absolute Gasteiger partial charge is 0.480 e. The SMILES string of the molecule is CCOC(=O)N[C@@H](C(=O)N1CCC[C@H]1C(=O)O)C1CCCCC1. The van der Waals surface area contributed by atoms with Crippen LogP contribution in [-0.2, 0) is 14.3 Å². The first-order valence-corrected chi connectivity index (χ1v) is 8.51. The summed E-state index contributed by atoms with van der Waals surface area (Å²) in [6, 6.07) is -1.47. The molecule has 0 aromatic carbocycles. The molecule has 1 heterocycles. The van der Waals surface area contributed by atoms with Gasteiger partial charge in [-0.2, -0.15) is 0 Å². The zero-order chi connectivity index (χ0) is 16.8. The molecule has 7 heteroatoms. The Morgan fingerprint density at radius 3 is 2.48 bits per heavy atom. The summed E-state index contributed by atoms with van der Waals surface area (Å²) in [5, 5.41) is 12.0. The van der Waals surface area contributed by atoms with Crippen LogP contribution >= 0.6 is 0 Å². The van der Waals surface area contributed by atoms with Crippen LogP contribution in [0, 0.1) is 5.92 Å². The third kappa shape index (κ3) is 4.36. The van der Waals surface area contributed by atoms with E-state index in [1.54, 1.807) is 6.92 Å². The molecule has 0 spiro atoms. The molecule has 2 N–H and O–H groups in total. The maximum Gasteiger partial charge on any atom is 0.407 e. The molecule has 0 unspecified atom stereocenters. The summed E-state index contributed by atoms with van der Waals surface area (Å²) in [6.07, 6.45) is 5.48. The van der Waals surface area contributed by atoms with E-state index in [-0.39, 0.29) is 18.4 Å². The van der Waals surface area contributed by atoms with Crippen LogP contribution in [0.15, 0.2) is 0 Å². The predicted molar refractivity (Wildman–Crippen MR) is 82.9 cm³/mol. The fourth-order valence-corrected chi connectivity index (χ4v) is 3.61. The first-order valence-electron chi connectivity index (χ1n) is 8.51. The van der Waals surface area contributed by atoms with E-state index in [1.807, 2.05) is 0 Å². The number of carboxylic acid groups (broad SMARTS) is 1. The number of amides is 2. The highest BCUT2D eigenvalue weighted by molar-refractivity contribution is 5.90.